The van der Waals surface area contributed by atoms with Gasteiger partial charge in [-0.25, -0.2) is 0 Å². The van der Waals surface area contributed by atoms with Crippen molar-refractivity contribution in [2.24, 2.45) is 0 Å². The highest BCUT2D eigenvalue weighted by Gasteiger charge is 2.19. The molecule has 0 bridgehead atoms. The fourth-order valence-electron chi connectivity index (χ4n) is 7.87. The summed E-state index contributed by atoms with van der Waals surface area (Å²) in [7, 11) is 0. The highest BCUT2D eigenvalue weighted by atomic mass is 79.9. The first kappa shape index (κ1) is 47.4. The Morgan fingerprint density at radius 2 is 1.00 bits per heavy atom. The van der Waals surface area contributed by atoms with Crippen molar-refractivity contribution < 1.29 is 0 Å². The molecule has 2 fully saturated rings. The molecule has 0 spiro atoms. The Balaban J connectivity index is 0.000000245. The lowest BCUT2D eigenvalue weighted by Gasteiger charge is -2.23. The van der Waals surface area contributed by atoms with Gasteiger partial charge in [0.2, 0.25) is 0 Å². The monoisotopic (exact) mass is 852 g/mol. The third-order valence-electron chi connectivity index (χ3n) is 11.1. The Bertz CT molecular complexity index is 1780. The summed E-state index contributed by atoms with van der Waals surface area (Å²) in [6.45, 7) is 4.51. The number of hydrogen-bond donors (Lipinski definition) is 0. The van der Waals surface area contributed by atoms with Gasteiger partial charge in [-0.2, -0.15) is 0 Å². The van der Waals surface area contributed by atoms with Crippen molar-refractivity contribution in [3.05, 3.63) is 138 Å². The zero-order valence-corrected chi connectivity index (χ0v) is 36.7. The van der Waals surface area contributed by atoms with Gasteiger partial charge in [-0.3, -0.25) is 0 Å². The van der Waals surface area contributed by atoms with E-state index in [9.17, 15) is 0 Å². The fourth-order valence-corrected chi connectivity index (χ4v) is 8.50. The van der Waals surface area contributed by atoms with Crippen molar-refractivity contribution in [2.75, 3.05) is 0 Å². The first-order chi connectivity index (χ1) is 26.9. The summed E-state index contributed by atoms with van der Waals surface area (Å²) in [6.07, 6.45) is 31.6. The van der Waals surface area contributed by atoms with Gasteiger partial charge in [0.15, 0.2) is 0 Å². The van der Waals surface area contributed by atoms with Gasteiger partial charge in [-0.15, -0.1) is 6.42 Å². The van der Waals surface area contributed by atoms with E-state index in [2.05, 4.69) is 108 Å². The zero-order chi connectivity index (χ0) is 39.1. The molecule has 6 rings (SSSR count). The molecule has 0 aliphatic heterocycles. The summed E-state index contributed by atoms with van der Waals surface area (Å²) in [5, 5.41) is 1.63. The van der Waals surface area contributed by atoms with Gasteiger partial charge in [-0.05, 0) is 146 Å². The highest BCUT2D eigenvalue weighted by molar-refractivity contribution is 9.10. The first-order valence-corrected chi connectivity index (χ1v) is 22.9. The first-order valence-electron chi connectivity index (χ1n) is 21.3. The predicted molar refractivity (Wildman–Crippen MR) is 251 cm³/mol. The number of aryl methyl sites for hydroxylation is 2. The number of terminal acetylenes is 1. The van der Waals surface area contributed by atoms with Gasteiger partial charge in [0.1, 0.15) is 0 Å². The molecule has 0 radical (unpaired) electrons. The molecule has 56 heavy (non-hydrogen) atoms. The van der Waals surface area contributed by atoms with Crippen LogP contribution in [-0.2, 0) is 12.8 Å². The van der Waals surface area contributed by atoms with Gasteiger partial charge in [0.05, 0.1) is 0 Å². The molecule has 0 atom stereocenters. The maximum absolute atomic E-state index is 6.28. The molecule has 2 aliphatic carbocycles. The maximum atomic E-state index is 6.28. The molecule has 0 unspecified atom stereocenters. The normalized spacial score (nSPS) is 14.1. The number of hydrogen-bond acceptors (Lipinski definition) is 0. The van der Waals surface area contributed by atoms with Gasteiger partial charge in [0.25, 0.3) is 0 Å². The average Bonchev–Trinajstić information content (AvgIpc) is 3.23. The van der Waals surface area contributed by atoms with Crippen LogP contribution in [0.5, 0.6) is 0 Å². The largest absolute Gasteiger partial charge is 0.115 e. The van der Waals surface area contributed by atoms with Crippen molar-refractivity contribution >= 4 is 39.1 Å². The van der Waals surface area contributed by atoms with Crippen LogP contribution < -0.4 is 0 Å². The summed E-state index contributed by atoms with van der Waals surface area (Å²) < 4.78 is 1.17. The van der Waals surface area contributed by atoms with Gasteiger partial charge < -0.3 is 0 Å². The lowest BCUT2D eigenvalue weighted by molar-refractivity contribution is 0.443. The van der Waals surface area contributed by atoms with Crippen molar-refractivity contribution in [2.45, 2.75) is 162 Å². The van der Waals surface area contributed by atoms with E-state index in [1.54, 1.807) is 0 Å². The molecule has 0 heterocycles. The molecule has 0 nitrogen and oxygen atoms in total. The minimum atomic E-state index is 0. The summed E-state index contributed by atoms with van der Waals surface area (Å²) in [5.41, 5.74) is 8.77. The molecule has 3 heteroatoms. The van der Waals surface area contributed by atoms with Crippen molar-refractivity contribution in [3.63, 3.8) is 0 Å². The second kappa shape index (κ2) is 27.7. The van der Waals surface area contributed by atoms with E-state index in [0.29, 0.717) is 11.8 Å². The Hall–Kier alpha value is -2.94. The number of halogens is 3. The minimum Gasteiger partial charge on any atom is -0.115 e. The summed E-state index contributed by atoms with van der Waals surface area (Å²) in [6, 6.07) is 29.6. The summed E-state index contributed by atoms with van der Waals surface area (Å²) in [4.78, 5) is 0. The smallest absolute Gasteiger partial charge is 0.0409 e. The van der Waals surface area contributed by atoms with E-state index in [-0.39, 0.29) is 7.43 Å². The van der Waals surface area contributed by atoms with Crippen LogP contribution in [0.15, 0.2) is 89.4 Å². The highest BCUT2D eigenvalue weighted by Crippen LogP contribution is 2.36. The molecule has 2 aliphatic rings. The standard InChI is InChI=1S/C26H31Cl.C14H15Cl.C12H17Br.CH4/c1-2-3-4-6-9-21-12-14-22(15-13-21)16-17-24-18-19-25(27)20-26(24)23-10-7-5-8-11-23;1-2-11-8-9-13(15)10-14(11)12-6-4-3-5-7-12;1-2-3-4-5-6-11-7-9-12(13)10-8-11;/h12-15,18-20,23H,2-11H2,1H3;1,8-10,12H,3-7H2;7-10H,2-6H2,1H3;1H4. The molecule has 300 valence electrons. The van der Waals surface area contributed by atoms with E-state index in [4.69, 9.17) is 29.6 Å². The molecular weight excluding hydrogens is 787 g/mol. The minimum absolute atomic E-state index is 0. The number of benzene rings is 4. The van der Waals surface area contributed by atoms with Crippen LogP contribution in [0.25, 0.3) is 0 Å². The molecular formula is C53H67BrCl2. The Labute approximate surface area is 361 Å². The van der Waals surface area contributed by atoms with Gasteiger partial charge in [-0.1, -0.05) is 179 Å². The predicted octanol–water partition coefficient (Wildman–Crippen LogP) is 17.5. The van der Waals surface area contributed by atoms with Crippen molar-refractivity contribution in [1.82, 2.24) is 0 Å². The fraction of sp³-hybridized carbons (Fsp3) is 0.472. The molecule has 4 aromatic carbocycles. The molecule has 0 saturated heterocycles. The Morgan fingerprint density at radius 3 is 1.46 bits per heavy atom. The molecule has 0 N–H and O–H groups in total. The molecule has 2 saturated carbocycles. The van der Waals surface area contributed by atoms with Crippen LogP contribution in [0.3, 0.4) is 0 Å². The second-order valence-electron chi connectivity index (χ2n) is 15.5. The van der Waals surface area contributed by atoms with E-state index < -0.39 is 0 Å². The molecule has 0 amide bonds. The Morgan fingerprint density at radius 1 is 0.554 bits per heavy atom. The number of unbranched alkanes of at least 4 members (excludes halogenated alkanes) is 6. The van der Waals surface area contributed by atoms with E-state index in [1.165, 1.54) is 155 Å². The van der Waals surface area contributed by atoms with Crippen LogP contribution >= 0.6 is 39.1 Å². The van der Waals surface area contributed by atoms with Crippen LogP contribution in [0.1, 0.15) is 188 Å². The van der Waals surface area contributed by atoms with Gasteiger partial charge in [0, 0.05) is 31.2 Å². The van der Waals surface area contributed by atoms with E-state index >= 15 is 0 Å². The topological polar surface area (TPSA) is 0 Å². The van der Waals surface area contributed by atoms with Crippen LogP contribution in [0, 0.1) is 24.2 Å². The quantitative estimate of drug-likeness (QED) is 0.0984. The van der Waals surface area contributed by atoms with E-state index in [1.807, 2.05) is 24.3 Å². The number of rotatable bonds is 12. The lowest BCUT2D eigenvalue weighted by atomic mass is 9.82. The summed E-state index contributed by atoms with van der Waals surface area (Å²) in [5.74, 6) is 10.8. The van der Waals surface area contributed by atoms with Crippen molar-refractivity contribution in [1.29, 1.82) is 0 Å². The second-order valence-corrected chi connectivity index (χ2v) is 17.3. The molecule has 0 aromatic heterocycles. The van der Waals surface area contributed by atoms with Crippen LogP contribution in [0.4, 0.5) is 0 Å². The van der Waals surface area contributed by atoms with Crippen LogP contribution in [0.2, 0.25) is 10.0 Å². The lowest BCUT2D eigenvalue weighted by Crippen LogP contribution is -2.06. The summed E-state index contributed by atoms with van der Waals surface area (Å²) >= 11 is 15.7. The average molecular weight is 855 g/mol. The SMILES string of the molecule is C.C#Cc1ccc(Cl)cc1C1CCCCC1.CCCCCCc1ccc(Br)cc1.CCCCCCc1ccc(C#Cc2ccc(Cl)cc2C2CCCCC2)cc1. The van der Waals surface area contributed by atoms with Gasteiger partial charge >= 0.3 is 0 Å². The maximum Gasteiger partial charge on any atom is 0.0409 e. The molecule has 4 aromatic rings. The third-order valence-corrected chi connectivity index (χ3v) is 12.1. The van der Waals surface area contributed by atoms with Crippen molar-refractivity contribution in [3.8, 4) is 24.2 Å². The third kappa shape index (κ3) is 17.3. The van der Waals surface area contributed by atoms with Crippen LogP contribution in [-0.4, -0.2) is 0 Å². The zero-order valence-electron chi connectivity index (χ0n) is 33.6. The Kier molecular flexibility index (Phi) is 23.4. The van der Waals surface area contributed by atoms with E-state index in [0.717, 1.165) is 26.7 Å².